The summed E-state index contributed by atoms with van der Waals surface area (Å²) in [4.78, 5) is 17.1. The molecule has 1 saturated heterocycles. The highest BCUT2D eigenvalue weighted by Crippen LogP contribution is 2.32. The highest BCUT2D eigenvalue weighted by Gasteiger charge is 2.19. The summed E-state index contributed by atoms with van der Waals surface area (Å²) >= 11 is 12.5. The highest BCUT2D eigenvalue weighted by molar-refractivity contribution is 6.43. The van der Waals surface area contributed by atoms with Crippen LogP contribution < -0.4 is 15.0 Å². The van der Waals surface area contributed by atoms with Crippen molar-refractivity contribution in [2.24, 2.45) is 0 Å². The number of hydrogen-bond donors (Lipinski definition) is 1. The van der Waals surface area contributed by atoms with Crippen molar-refractivity contribution in [2.75, 3.05) is 51.3 Å². The van der Waals surface area contributed by atoms with Gasteiger partial charge in [-0.15, -0.1) is 5.10 Å². The molecule has 1 aliphatic heterocycles. The van der Waals surface area contributed by atoms with Crippen LogP contribution in [0.15, 0.2) is 48.7 Å². The normalized spacial score (nSPS) is 14.3. The lowest BCUT2D eigenvalue weighted by Gasteiger charge is -2.36. The third-order valence-corrected chi connectivity index (χ3v) is 6.70. The van der Waals surface area contributed by atoms with Crippen molar-refractivity contribution in [1.82, 2.24) is 25.2 Å². The van der Waals surface area contributed by atoms with Crippen molar-refractivity contribution >= 4 is 34.8 Å². The number of rotatable bonds is 9. The molecule has 1 N–H and O–H groups in total. The van der Waals surface area contributed by atoms with Gasteiger partial charge in [0, 0.05) is 32.7 Å². The Morgan fingerprint density at radius 3 is 2.56 bits per heavy atom. The van der Waals surface area contributed by atoms with E-state index in [1.165, 1.54) is 0 Å². The van der Waals surface area contributed by atoms with Gasteiger partial charge >= 0.3 is 0 Å². The summed E-state index contributed by atoms with van der Waals surface area (Å²) in [5.41, 5.74) is 2.11. The molecule has 0 radical (unpaired) electrons. The van der Waals surface area contributed by atoms with Crippen LogP contribution in [0.5, 0.6) is 5.75 Å². The minimum absolute atomic E-state index is 0.216. The lowest BCUT2D eigenvalue weighted by molar-refractivity contribution is 0.0947. The van der Waals surface area contributed by atoms with Crippen LogP contribution in [-0.4, -0.2) is 72.2 Å². The van der Waals surface area contributed by atoms with Crippen LogP contribution in [0.25, 0.3) is 5.69 Å². The number of hydrogen-bond acceptors (Lipinski definition) is 6. The lowest BCUT2D eigenvalue weighted by atomic mass is 10.2. The van der Waals surface area contributed by atoms with Crippen LogP contribution in [-0.2, 0) is 0 Å². The zero-order valence-electron chi connectivity index (χ0n) is 19.1. The third-order valence-electron chi connectivity index (χ3n) is 5.89. The van der Waals surface area contributed by atoms with Crippen molar-refractivity contribution in [1.29, 1.82) is 0 Å². The highest BCUT2D eigenvalue weighted by atomic mass is 35.5. The fourth-order valence-electron chi connectivity index (χ4n) is 3.93. The molecule has 0 atom stereocenters. The molecule has 1 aliphatic rings. The molecule has 34 heavy (non-hydrogen) atoms. The van der Waals surface area contributed by atoms with Crippen LogP contribution >= 0.6 is 23.2 Å². The molecule has 0 unspecified atom stereocenters. The molecule has 8 nitrogen and oxygen atoms in total. The van der Waals surface area contributed by atoms with E-state index < -0.39 is 0 Å². The van der Waals surface area contributed by atoms with E-state index in [1.807, 2.05) is 42.5 Å². The van der Waals surface area contributed by atoms with Crippen molar-refractivity contribution in [3.8, 4) is 11.4 Å². The number of methoxy groups -OCH3 is 1. The first-order chi connectivity index (χ1) is 16.5. The van der Waals surface area contributed by atoms with Crippen LogP contribution in [0, 0.1) is 0 Å². The quantitative estimate of drug-likeness (QED) is 0.447. The van der Waals surface area contributed by atoms with Gasteiger partial charge in [-0.3, -0.25) is 9.69 Å². The topological polar surface area (TPSA) is 75.5 Å². The van der Waals surface area contributed by atoms with E-state index >= 15 is 0 Å². The molecule has 1 fully saturated rings. The van der Waals surface area contributed by atoms with Gasteiger partial charge in [0.2, 0.25) is 0 Å². The Hall–Kier alpha value is -2.81. The number of piperazine rings is 1. The number of carbonyl (C=O) groups excluding carboxylic acids is 1. The Morgan fingerprint density at radius 2 is 1.82 bits per heavy atom. The zero-order valence-corrected chi connectivity index (χ0v) is 20.6. The summed E-state index contributed by atoms with van der Waals surface area (Å²) in [6.45, 7) is 5.39. The maximum atomic E-state index is 12.4. The number of nitrogens with one attached hydrogen (secondary N) is 1. The van der Waals surface area contributed by atoms with Gasteiger partial charge in [-0.05, 0) is 55.8 Å². The summed E-state index contributed by atoms with van der Waals surface area (Å²) in [5.74, 6) is 0.543. The second-order valence-corrected chi connectivity index (χ2v) is 8.90. The minimum atomic E-state index is -0.216. The second-order valence-electron chi connectivity index (χ2n) is 8.11. The number of ether oxygens (including phenoxy) is 1. The largest absolute Gasteiger partial charge is 0.497 e. The van der Waals surface area contributed by atoms with E-state index in [-0.39, 0.29) is 5.91 Å². The van der Waals surface area contributed by atoms with Gasteiger partial charge in [-0.1, -0.05) is 34.5 Å². The fourth-order valence-corrected chi connectivity index (χ4v) is 4.35. The lowest BCUT2D eigenvalue weighted by Crippen LogP contribution is -2.46. The van der Waals surface area contributed by atoms with Crippen molar-refractivity contribution < 1.29 is 9.53 Å². The molecule has 1 aromatic heterocycles. The summed E-state index contributed by atoms with van der Waals surface area (Å²) < 4.78 is 6.73. The SMILES string of the molecule is COc1ccc(-n2cc(C(=O)NCCCCN3CCN(c4cccc(Cl)c4Cl)CC3)nn2)cc1. The molecule has 10 heteroatoms. The van der Waals surface area contributed by atoms with Crippen LogP contribution in [0.2, 0.25) is 10.0 Å². The number of amides is 1. The molecular formula is C24H28Cl2N6O2. The first kappa shape index (κ1) is 24.3. The summed E-state index contributed by atoms with van der Waals surface area (Å²) in [6.07, 6.45) is 3.54. The van der Waals surface area contributed by atoms with Gasteiger partial charge in [-0.25, -0.2) is 4.68 Å². The van der Waals surface area contributed by atoms with Crippen molar-refractivity contribution in [3.63, 3.8) is 0 Å². The summed E-state index contributed by atoms with van der Waals surface area (Å²) in [6, 6.07) is 13.2. The van der Waals surface area contributed by atoms with Gasteiger partial charge in [0.1, 0.15) is 5.75 Å². The molecule has 2 heterocycles. The first-order valence-corrected chi connectivity index (χ1v) is 12.1. The smallest absolute Gasteiger partial charge is 0.273 e. The molecular weight excluding hydrogens is 475 g/mol. The van der Waals surface area contributed by atoms with Crippen LogP contribution in [0.3, 0.4) is 0 Å². The molecule has 180 valence electrons. The fraction of sp³-hybridized carbons (Fsp3) is 0.375. The average molecular weight is 503 g/mol. The molecule has 4 rings (SSSR count). The van der Waals surface area contributed by atoms with Gasteiger partial charge in [0.15, 0.2) is 5.69 Å². The number of anilines is 1. The van der Waals surface area contributed by atoms with E-state index in [0.29, 0.717) is 22.3 Å². The molecule has 0 saturated carbocycles. The molecule has 0 bridgehead atoms. The van der Waals surface area contributed by atoms with E-state index in [0.717, 1.165) is 62.7 Å². The number of benzene rings is 2. The predicted octanol–water partition coefficient (Wildman–Crippen LogP) is 3.91. The minimum Gasteiger partial charge on any atom is -0.497 e. The van der Waals surface area contributed by atoms with Crippen LogP contribution in [0.1, 0.15) is 23.3 Å². The van der Waals surface area contributed by atoms with Crippen molar-refractivity contribution in [2.45, 2.75) is 12.8 Å². The van der Waals surface area contributed by atoms with E-state index in [2.05, 4.69) is 25.4 Å². The van der Waals surface area contributed by atoms with Crippen LogP contribution in [0.4, 0.5) is 5.69 Å². The molecule has 0 aliphatic carbocycles. The standard InChI is InChI=1S/C24H28Cl2N6O2/c1-34-19-9-7-18(8-10-19)32-17-21(28-29-32)24(33)27-11-2-3-12-30-13-15-31(16-14-30)22-6-4-5-20(25)23(22)26/h4-10,17H,2-3,11-16H2,1H3,(H,27,33). The summed E-state index contributed by atoms with van der Waals surface area (Å²) in [5, 5.41) is 12.2. The maximum absolute atomic E-state index is 12.4. The number of nitrogens with zero attached hydrogens (tertiary/aromatic N) is 5. The Morgan fingerprint density at radius 1 is 1.06 bits per heavy atom. The predicted molar refractivity (Wildman–Crippen MR) is 135 cm³/mol. The monoisotopic (exact) mass is 502 g/mol. The Bertz CT molecular complexity index is 1100. The van der Waals surface area contributed by atoms with E-state index in [1.54, 1.807) is 18.0 Å². The van der Waals surface area contributed by atoms with Gasteiger partial charge in [-0.2, -0.15) is 0 Å². The molecule has 0 spiro atoms. The van der Waals surface area contributed by atoms with Gasteiger partial charge in [0.05, 0.1) is 34.7 Å². The van der Waals surface area contributed by atoms with Gasteiger partial charge in [0.25, 0.3) is 5.91 Å². The van der Waals surface area contributed by atoms with E-state index in [4.69, 9.17) is 27.9 Å². The molecule has 1 amide bonds. The van der Waals surface area contributed by atoms with E-state index in [9.17, 15) is 4.79 Å². The Balaban J connectivity index is 1.15. The Kier molecular flexibility index (Phi) is 8.26. The number of aromatic nitrogens is 3. The Labute approximate surface area is 209 Å². The number of carbonyl (C=O) groups is 1. The van der Waals surface area contributed by atoms with Gasteiger partial charge < -0.3 is 15.0 Å². The van der Waals surface area contributed by atoms with Crippen molar-refractivity contribution in [3.05, 3.63) is 64.4 Å². The third kappa shape index (κ3) is 6.00. The second kappa shape index (κ2) is 11.6. The number of halogens is 2. The molecule has 3 aromatic rings. The number of unbranched alkanes of at least 4 members (excludes halogenated alkanes) is 1. The summed E-state index contributed by atoms with van der Waals surface area (Å²) in [7, 11) is 1.62. The molecule has 2 aromatic carbocycles. The maximum Gasteiger partial charge on any atom is 0.273 e. The average Bonchev–Trinajstić information content (AvgIpc) is 3.36. The first-order valence-electron chi connectivity index (χ1n) is 11.3. The zero-order chi connectivity index (χ0) is 23.9.